The molecule has 0 atom stereocenters. The molecule has 0 saturated carbocycles. The summed E-state index contributed by atoms with van der Waals surface area (Å²) in [7, 11) is 3.71. The second-order valence-corrected chi connectivity index (χ2v) is 4.99. The predicted molar refractivity (Wildman–Crippen MR) is 70.5 cm³/mol. The summed E-state index contributed by atoms with van der Waals surface area (Å²) in [4.78, 5) is 2.18. The van der Waals surface area contributed by atoms with E-state index in [2.05, 4.69) is 17.0 Å². The number of likely N-dealkylation sites (N-methyl/N-ethyl adjacent to an activating group) is 1. The molecule has 0 fully saturated rings. The van der Waals surface area contributed by atoms with Gasteiger partial charge in [0.15, 0.2) is 0 Å². The number of hydrogen-bond acceptors (Lipinski definition) is 3. The molecule has 17 heavy (non-hydrogen) atoms. The smallest absolute Gasteiger partial charge is 0.118 e. The van der Waals surface area contributed by atoms with E-state index < -0.39 is 0 Å². The first-order valence-corrected chi connectivity index (χ1v) is 5.94. The van der Waals surface area contributed by atoms with Gasteiger partial charge in [-0.25, -0.2) is 0 Å². The minimum atomic E-state index is -0.160. The van der Waals surface area contributed by atoms with E-state index in [1.54, 1.807) is 7.11 Å². The van der Waals surface area contributed by atoms with Gasteiger partial charge in [0.05, 0.1) is 13.7 Å². The molecule has 0 aliphatic carbocycles. The van der Waals surface area contributed by atoms with Crippen molar-refractivity contribution in [3.8, 4) is 5.75 Å². The van der Waals surface area contributed by atoms with Crippen LogP contribution in [0.2, 0.25) is 0 Å². The zero-order valence-corrected chi connectivity index (χ0v) is 11.2. The van der Waals surface area contributed by atoms with Gasteiger partial charge in [0.2, 0.25) is 0 Å². The van der Waals surface area contributed by atoms with Crippen molar-refractivity contribution in [2.45, 2.75) is 25.8 Å². The van der Waals surface area contributed by atoms with Gasteiger partial charge in [-0.05, 0) is 45.0 Å². The second kappa shape index (κ2) is 6.03. The Kier molecular flexibility index (Phi) is 4.97. The topological polar surface area (TPSA) is 32.7 Å². The van der Waals surface area contributed by atoms with Gasteiger partial charge in [-0.1, -0.05) is 12.1 Å². The fourth-order valence-electron chi connectivity index (χ4n) is 1.51. The molecule has 1 N–H and O–H groups in total. The van der Waals surface area contributed by atoms with Crippen molar-refractivity contribution in [3.63, 3.8) is 0 Å². The van der Waals surface area contributed by atoms with Crippen molar-refractivity contribution in [1.29, 1.82) is 0 Å². The van der Waals surface area contributed by atoms with Crippen LogP contribution in [0, 0.1) is 0 Å². The molecule has 0 bridgehead atoms. The summed E-state index contributed by atoms with van der Waals surface area (Å²) in [6, 6.07) is 8.12. The van der Waals surface area contributed by atoms with Crippen molar-refractivity contribution in [2.24, 2.45) is 0 Å². The molecule has 0 heterocycles. The first kappa shape index (κ1) is 14.0. The Hall–Kier alpha value is -1.06. The highest BCUT2D eigenvalue weighted by molar-refractivity contribution is 5.27. The number of ether oxygens (including phenoxy) is 1. The molecule has 3 heteroatoms. The highest BCUT2D eigenvalue weighted by Gasteiger charge is 2.21. The molecule has 0 aliphatic heterocycles. The Morgan fingerprint density at radius 2 is 1.82 bits per heavy atom. The van der Waals surface area contributed by atoms with Gasteiger partial charge in [0.25, 0.3) is 0 Å². The molecule has 1 aromatic carbocycles. The third-order valence-corrected chi connectivity index (χ3v) is 3.32. The molecule has 0 unspecified atom stereocenters. The summed E-state index contributed by atoms with van der Waals surface area (Å²) in [6.07, 6.45) is 0.976. The monoisotopic (exact) mass is 237 g/mol. The Bertz CT molecular complexity index is 333. The summed E-state index contributed by atoms with van der Waals surface area (Å²) >= 11 is 0. The van der Waals surface area contributed by atoms with Crippen LogP contribution in [0.3, 0.4) is 0 Å². The van der Waals surface area contributed by atoms with Crippen LogP contribution < -0.4 is 4.74 Å². The summed E-state index contributed by atoms with van der Waals surface area (Å²) in [6.45, 7) is 5.19. The highest BCUT2D eigenvalue weighted by atomic mass is 16.5. The number of benzene rings is 1. The lowest BCUT2D eigenvalue weighted by Crippen LogP contribution is -2.45. The van der Waals surface area contributed by atoms with Crippen LogP contribution in [0.25, 0.3) is 0 Å². The van der Waals surface area contributed by atoms with Gasteiger partial charge in [-0.3, -0.25) is 4.90 Å². The number of nitrogens with zero attached hydrogens (tertiary/aromatic N) is 1. The van der Waals surface area contributed by atoms with Crippen LogP contribution in [-0.2, 0) is 6.42 Å². The van der Waals surface area contributed by atoms with Gasteiger partial charge >= 0.3 is 0 Å². The van der Waals surface area contributed by atoms with E-state index in [0.717, 1.165) is 18.7 Å². The zero-order valence-electron chi connectivity index (χ0n) is 11.2. The maximum absolute atomic E-state index is 9.27. The molecule has 1 rings (SSSR count). The average Bonchev–Trinajstić information content (AvgIpc) is 2.36. The Morgan fingerprint density at radius 3 is 2.29 bits per heavy atom. The lowest BCUT2D eigenvalue weighted by atomic mass is 10.0. The molecule has 0 aromatic heterocycles. The lowest BCUT2D eigenvalue weighted by Gasteiger charge is -2.33. The third kappa shape index (κ3) is 4.02. The Labute approximate surface area is 104 Å². The van der Waals surface area contributed by atoms with Crippen molar-refractivity contribution in [3.05, 3.63) is 29.8 Å². The predicted octanol–water partition coefficient (Wildman–Crippen LogP) is 1.94. The largest absolute Gasteiger partial charge is 0.497 e. The van der Waals surface area contributed by atoms with Crippen LogP contribution in [-0.4, -0.2) is 42.9 Å². The average molecular weight is 237 g/mol. The van der Waals surface area contributed by atoms with Gasteiger partial charge in [0.1, 0.15) is 5.75 Å². The lowest BCUT2D eigenvalue weighted by molar-refractivity contribution is 0.0801. The fourth-order valence-corrected chi connectivity index (χ4v) is 1.51. The minimum absolute atomic E-state index is 0.160. The van der Waals surface area contributed by atoms with Crippen molar-refractivity contribution in [2.75, 3.05) is 27.3 Å². The molecule has 3 nitrogen and oxygen atoms in total. The van der Waals surface area contributed by atoms with Crippen molar-refractivity contribution in [1.82, 2.24) is 4.90 Å². The van der Waals surface area contributed by atoms with Gasteiger partial charge in [0, 0.05) is 12.1 Å². The van der Waals surface area contributed by atoms with E-state index in [0.29, 0.717) is 0 Å². The maximum atomic E-state index is 9.27. The SMILES string of the molecule is COc1ccc(CCN(C)C(C)(C)CO)cc1. The molecule has 0 spiro atoms. The molecule has 1 aromatic rings. The summed E-state index contributed by atoms with van der Waals surface area (Å²) in [5.74, 6) is 0.887. The molecule has 0 saturated heterocycles. The molecule has 96 valence electrons. The van der Waals surface area contributed by atoms with Gasteiger partial charge in [-0.15, -0.1) is 0 Å². The van der Waals surface area contributed by atoms with E-state index in [1.807, 2.05) is 33.0 Å². The van der Waals surface area contributed by atoms with Crippen LogP contribution in [0.15, 0.2) is 24.3 Å². The molecule has 0 amide bonds. The van der Waals surface area contributed by atoms with Crippen molar-refractivity contribution < 1.29 is 9.84 Å². The van der Waals surface area contributed by atoms with Gasteiger partial charge < -0.3 is 9.84 Å². The zero-order chi connectivity index (χ0) is 12.9. The molecular formula is C14H23NO2. The van der Waals surface area contributed by atoms with E-state index in [1.165, 1.54) is 5.56 Å². The Morgan fingerprint density at radius 1 is 1.24 bits per heavy atom. The molecule has 0 aliphatic rings. The molecule has 0 radical (unpaired) electrons. The summed E-state index contributed by atoms with van der Waals surface area (Å²) in [5, 5.41) is 9.27. The first-order valence-electron chi connectivity index (χ1n) is 5.94. The fraction of sp³-hybridized carbons (Fsp3) is 0.571. The van der Waals surface area contributed by atoms with Crippen LogP contribution in [0.5, 0.6) is 5.75 Å². The first-order chi connectivity index (χ1) is 7.99. The minimum Gasteiger partial charge on any atom is -0.497 e. The van der Waals surface area contributed by atoms with E-state index >= 15 is 0 Å². The quantitative estimate of drug-likeness (QED) is 0.820. The Balaban J connectivity index is 2.50. The van der Waals surface area contributed by atoms with Crippen molar-refractivity contribution >= 4 is 0 Å². The standard InChI is InChI=1S/C14H23NO2/c1-14(2,11-16)15(3)10-9-12-5-7-13(17-4)8-6-12/h5-8,16H,9-11H2,1-4H3. The number of rotatable bonds is 6. The third-order valence-electron chi connectivity index (χ3n) is 3.32. The second-order valence-electron chi connectivity index (χ2n) is 4.99. The number of aliphatic hydroxyl groups is 1. The highest BCUT2D eigenvalue weighted by Crippen LogP contribution is 2.14. The summed E-state index contributed by atoms with van der Waals surface area (Å²) in [5.41, 5.74) is 1.12. The summed E-state index contributed by atoms with van der Waals surface area (Å²) < 4.78 is 5.12. The normalized spacial score (nSPS) is 11.9. The number of methoxy groups -OCH3 is 1. The molecular weight excluding hydrogens is 214 g/mol. The van der Waals surface area contributed by atoms with Crippen LogP contribution in [0.1, 0.15) is 19.4 Å². The number of aliphatic hydroxyl groups excluding tert-OH is 1. The van der Waals surface area contributed by atoms with Crippen LogP contribution in [0.4, 0.5) is 0 Å². The maximum Gasteiger partial charge on any atom is 0.118 e. The van der Waals surface area contributed by atoms with E-state index in [4.69, 9.17) is 4.74 Å². The van der Waals surface area contributed by atoms with E-state index in [9.17, 15) is 5.11 Å². The van der Waals surface area contributed by atoms with E-state index in [-0.39, 0.29) is 12.1 Å². The van der Waals surface area contributed by atoms with Gasteiger partial charge in [-0.2, -0.15) is 0 Å². The number of hydrogen-bond donors (Lipinski definition) is 1. The van der Waals surface area contributed by atoms with Crippen LogP contribution >= 0.6 is 0 Å².